The van der Waals surface area contributed by atoms with Crippen molar-refractivity contribution < 1.29 is 27.8 Å². The van der Waals surface area contributed by atoms with Crippen LogP contribution in [0.1, 0.15) is 42.3 Å². The van der Waals surface area contributed by atoms with E-state index in [0.29, 0.717) is 11.3 Å². The Kier molecular flexibility index (Phi) is 7.39. The second kappa shape index (κ2) is 10.3. The number of hydrogen-bond acceptors (Lipinski definition) is 4. The maximum Gasteiger partial charge on any atom is 0.407 e. The molecule has 0 spiro atoms. The summed E-state index contributed by atoms with van der Waals surface area (Å²) in [6, 6.07) is 14.0. The van der Waals surface area contributed by atoms with Crippen molar-refractivity contribution in [2.24, 2.45) is 5.41 Å². The Morgan fingerprint density at radius 3 is 2.34 bits per heavy atom. The van der Waals surface area contributed by atoms with Crippen LogP contribution in [0, 0.1) is 17.0 Å². The van der Waals surface area contributed by atoms with Crippen LogP contribution in [0.3, 0.4) is 0 Å². The maximum atomic E-state index is 15.4. The molecule has 3 aromatic carbocycles. The highest BCUT2D eigenvalue weighted by Crippen LogP contribution is 2.52. The minimum absolute atomic E-state index is 0.0704. The van der Waals surface area contributed by atoms with Gasteiger partial charge < -0.3 is 20.1 Å². The number of alkyl carbamates (subject to hydrolysis) is 1. The fourth-order valence-corrected chi connectivity index (χ4v) is 5.45. The first-order valence-corrected chi connectivity index (χ1v) is 12.4. The van der Waals surface area contributed by atoms with E-state index in [9.17, 15) is 14.0 Å². The highest BCUT2D eigenvalue weighted by molar-refractivity contribution is 6.34. The van der Waals surface area contributed by atoms with Crippen LogP contribution < -0.4 is 15.4 Å². The summed E-state index contributed by atoms with van der Waals surface area (Å²) in [5.74, 6) is -2.53. The second-order valence-electron chi connectivity index (χ2n) is 10.2. The molecule has 1 aliphatic rings. The molecule has 2 atom stereocenters. The molecule has 2 unspecified atom stereocenters. The van der Waals surface area contributed by atoms with Gasteiger partial charge in [-0.1, -0.05) is 62.7 Å². The number of nitrogens with one attached hydrogen (secondary N) is 2. The Labute approximate surface area is 225 Å². The van der Waals surface area contributed by atoms with Gasteiger partial charge >= 0.3 is 6.09 Å². The van der Waals surface area contributed by atoms with Gasteiger partial charge in [0.1, 0.15) is 5.75 Å². The monoisotopic (exact) mass is 542 g/mol. The number of carbonyl (C=O) groups is 2. The van der Waals surface area contributed by atoms with Crippen molar-refractivity contribution in [1.29, 1.82) is 0 Å². The Morgan fingerprint density at radius 1 is 1.05 bits per heavy atom. The van der Waals surface area contributed by atoms with Crippen LogP contribution in [-0.2, 0) is 16.8 Å². The van der Waals surface area contributed by atoms with Crippen LogP contribution >= 0.6 is 11.6 Å². The Morgan fingerprint density at radius 2 is 1.74 bits per heavy atom. The molecule has 3 aromatic rings. The van der Waals surface area contributed by atoms with E-state index in [0.717, 1.165) is 11.6 Å². The molecule has 0 aromatic heterocycles. The topological polar surface area (TPSA) is 76.7 Å². The lowest BCUT2D eigenvalue weighted by Crippen LogP contribution is -2.59. The first-order chi connectivity index (χ1) is 17.9. The molecular weight excluding hydrogens is 514 g/mol. The number of rotatable bonds is 5. The molecule has 0 saturated heterocycles. The van der Waals surface area contributed by atoms with Crippen LogP contribution in [0.5, 0.6) is 5.75 Å². The van der Waals surface area contributed by atoms with Gasteiger partial charge in [-0.2, -0.15) is 0 Å². The molecule has 0 aliphatic carbocycles. The first-order valence-electron chi connectivity index (χ1n) is 12.1. The van der Waals surface area contributed by atoms with Crippen molar-refractivity contribution in [3.05, 3.63) is 87.9 Å². The van der Waals surface area contributed by atoms with Crippen LogP contribution in [0.2, 0.25) is 5.02 Å². The van der Waals surface area contributed by atoms with Crippen molar-refractivity contribution in [3.8, 4) is 16.9 Å². The lowest BCUT2D eigenvalue weighted by atomic mass is 9.70. The van der Waals surface area contributed by atoms with E-state index in [2.05, 4.69) is 10.6 Å². The Hall–Kier alpha value is -3.65. The molecule has 38 heavy (non-hydrogen) atoms. The molecule has 6 nitrogen and oxygen atoms in total. The molecule has 200 valence electrons. The van der Waals surface area contributed by atoms with Gasteiger partial charge in [-0.05, 0) is 35.2 Å². The molecule has 9 heteroatoms. The van der Waals surface area contributed by atoms with E-state index in [-0.39, 0.29) is 28.1 Å². The largest absolute Gasteiger partial charge is 0.480 e. The third-order valence-electron chi connectivity index (χ3n) is 6.81. The summed E-state index contributed by atoms with van der Waals surface area (Å²) in [5, 5.41) is 5.53. The van der Waals surface area contributed by atoms with Gasteiger partial charge in [0.2, 0.25) is 0 Å². The highest BCUT2D eigenvalue weighted by atomic mass is 35.5. The Balaban J connectivity index is 2.01. The average Bonchev–Trinajstić information content (AvgIpc) is 3.29. The second-order valence-corrected chi connectivity index (χ2v) is 10.6. The van der Waals surface area contributed by atoms with Gasteiger partial charge in [-0.15, -0.1) is 0 Å². The molecule has 0 saturated carbocycles. The maximum absolute atomic E-state index is 15.4. The Bertz CT molecular complexity index is 1390. The molecule has 1 heterocycles. The van der Waals surface area contributed by atoms with E-state index >= 15 is 4.39 Å². The van der Waals surface area contributed by atoms with Gasteiger partial charge in [0.15, 0.2) is 17.2 Å². The molecule has 2 amide bonds. The van der Waals surface area contributed by atoms with E-state index in [1.54, 1.807) is 6.07 Å². The SMILES string of the molecule is CNC(=O)c1ccc(F)c(F)c1-c1c(Cl)ccc2c1CC(c1ccccc1)(C(NC(=O)OC)C(C)(C)C)O2. The number of carbonyl (C=O) groups excluding carboxylic acids is 2. The predicted molar refractivity (Wildman–Crippen MR) is 141 cm³/mol. The van der Waals surface area contributed by atoms with Crippen LogP contribution in [-0.4, -0.2) is 32.2 Å². The zero-order valence-electron chi connectivity index (χ0n) is 21.7. The standard InChI is InChI=1S/C29H29ClF2N2O4/c1-28(2,3)26(34-27(36)37-5)29(16-9-7-6-8-10-16)15-18-21(38-29)14-12-19(30)22(18)23-17(25(35)33-4)11-13-20(31)24(23)32/h6-14,26H,15H2,1-5H3,(H,33,35)(H,34,36). The highest BCUT2D eigenvalue weighted by Gasteiger charge is 2.53. The molecular formula is C29H29ClF2N2O4. The quantitative estimate of drug-likeness (QED) is 0.400. The third kappa shape index (κ3) is 4.69. The molecule has 0 bridgehead atoms. The summed E-state index contributed by atoms with van der Waals surface area (Å²) in [6.07, 6.45) is -0.506. The van der Waals surface area contributed by atoms with Crippen molar-refractivity contribution in [3.63, 3.8) is 0 Å². The summed E-state index contributed by atoms with van der Waals surface area (Å²) < 4.78 is 41.6. The van der Waals surface area contributed by atoms with Crippen molar-refractivity contribution >= 4 is 23.6 Å². The number of hydrogen-bond donors (Lipinski definition) is 2. The van der Waals surface area contributed by atoms with E-state index in [1.165, 1.54) is 26.3 Å². The predicted octanol–water partition coefficient (Wildman–Crippen LogP) is 6.25. The fourth-order valence-electron chi connectivity index (χ4n) is 5.17. The van der Waals surface area contributed by atoms with E-state index < -0.39 is 40.7 Å². The lowest BCUT2D eigenvalue weighted by molar-refractivity contribution is 0.000417. The molecule has 0 fully saturated rings. The van der Waals surface area contributed by atoms with Gasteiger partial charge in [0.05, 0.1) is 18.7 Å². The minimum atomic E-state index is -1.20. The van der Waals surface area contributed by atoms with E-state index in [1.807, 2.05) is 51.1 Å². The number of ether oxygens (including phenoxy) is 2. The molecule has 2 N–H and O–H groups in total. The summed E-state index contributed by atoms with van der Waals surface area (Å²) in [5.41, 5.74) is -0.660. The fraction of sp³-hybridized carbons (Fsp3) is 0.310. The van der Waals surface area contributed by atoms with Crippen molar-refractivity contribution in [1.82, 2.24) is 10.6 Å². The van der Waals surface area contributed by atoms with Crippen LogP contribution in [0.25, 0.3) is 11.1 Å². The van der Waals surface area contributed by atoms with Crippen molar-refractivity contribution in [2.45, 2.75) is 38.8 Å². The minimum Gasteiger partial charge on any atom is -0.480 e. The average molecular weight is 543 g/mol. The lowest BCUT2D eigenvalue weighted by Gasteiger charge is -2.44. The number of amides is 2. The number of benzene rings is 3. The smallest absolute Gasteiger partial charge is 0.407 e. The number of halogens is 3. The third-order valence-corrected chi connectivity index (χ3v) is 7.12. The van der Waals surface area contributed by atoms with Crippen molar-refractivity contribution in [2.75, 3.05) is 14.2 Å². The number of fused-ring (bicyclic) bond motifs is 1. The number of methoxy groups -OCH3 is 1. The van der Waals surface area contributed by atoms with Gasteiger partial charge in [0.25, 0.3) is 5.91 Å². The van der Waals surface area contributed by atoms with Gasteiger partial charge in [0, 0.05) is 35.2 Å². The van der Waals surface area contributed by atoms with E-state index in [4.69, 9.17) is 21.1 Å². The molecule has 4 rings (SSSR count). The normalized spacial score (nSPS) is 17.3. The zero-order chi connectivity index (χ0) is 27.8. The summed E-state index contributed by atoms with van der Waals surface area (Å²) in [4.78, 5) is 25.2. The zero-order valence-corrected chi connectivity index (χ0v) is 22.5. The van der Waals surface area contributed by atoms with Crippen LogP contribution in [0.15, 0.2) is 54.6 Å². The molecule has 1 aliphatic heterocycles. The van der Waals surface area contributed by atoms with Gasteiger partial charge in [-0.3, -0.25) is 4.79 Å². The molecule has 0 radical (unpaired) electrons. The summed E-state index contributed by atoms with van der Waals surface area (Å²) in [6.45, 7) is 5.86. The summed E-state index contributed by atoms with van der Waals surface area (Å²) >= 11 is 6.64. The van der Waals surface area contributed by atoms with Gasteiger partial charge in [-0.25, -0.2) is 13.6 Å². The van der Waals surface area contributed by atoms with Crippen LogP contribution in [0.4, 0.5) is 13.6 Å². The summed E-state index contributed by atoms with van der Waals surface area (Å²) in [7, 11) is 2.68. The first kappa shape index (κ1) is 27.4.